The maximum atomic E-state index is 6.02. The molecule has 0 fully saturated rings. The molecule has 0 atom stereocenters. The quantitative estimate of drug-likeness (QED) is 0.873. The molecule has 0 spiro atoms. The van der Waals surface area contributed by atoms with Crippen LogP contribution in [0.2, 0.25) is 0 Å². The number of rotatable bonds is 5. The summed E-state index contributed by atoms with van der Waals surface area (Å²) in [7, 11) is 0. The van der Waals surface area contributed by atoms with Gasteiger partial charge in [0.05, 0.1) is 0 Å². The molecular formula is C19H23NO. The molecule has 0 amide bonds. The summed E-state index contributed by atoms with van der Waals surface area (Å²) in [6, 6.07) is 15.3. The number of hydrogen-bond acceptors (Lipinski definition) is 2. The Hall–Kier alpha value is -1.80. The Balaban J connectivity index is 1.71. The van der Waals surface area contributed by atoms with Crippen molar-refractivity contribution in [2.45, 2.75) is 45.7 Å². The first-order valence-corrected chi connectivity index (χ1v) is 7.83. The van der Waals surface area contributed by atoms with Crippen LogP contribution in [-0.2, 0) is 19.4 Å². The molecule has 0 heterocycles. The van der Waals surface area contributed by atoms with Crippen molar-refractivity contribution in [1.29, 1.82) is 0 Å². The van der Waals surface area contributed by atoms with Gasteiger partial charge in [0.15, 0.2) is 0 Å². The van der Waals surface area contributed by atoms with Gasteiger partial charge in [-0.2, -0.15) is 0 Å². The van der Waals surface area contributed by atoms with Crippen LogP contribution in [0.15, 0.2) is 42.5 Å². The highest BCUT2D eigenvalue weighted by Crippen LogP contribution is 2.29. The average molecular weight is 281 g/mol. The summed E-state index contributed by atoms with van der Waals surface area (Å²) in [4.78, 5) is 0. The van der Waals surface area contributed by atoms with E-state index in [0.29, 0.717) is 6.04 Å². The molecule has 3 rings (SSSR count). The number of fused-ring (bicyclic) bond motifs is 1. The van der Waals surface area contributed by atoms with Gasteiger partial charge in [-0.3, -0.25) is 0 Å². The second-order valence-electron chi connectivity index (χ2n) is 6.07. The van der Waals surface area contributed by atoms with Crippen molar-refractivity contribution in [3.05, 3.63) is 59.2 Å². The second kappa shape index (κ2) is 6.31. The monoisotopic (exact) mass is 281 g/mol. The molecule has 2 heteroatoms. The summed E-state index contributed by atoms with van der Waals surface area (Å²) < 4.78 is 6.02. The zero-order valence-electron chi connectivity index (χ0n) is 12.9. The van der Waals surface area contributed by atoms with E-state index in [4.69, 9.17) is 4.74 Å². The molecule has 0 saturated heterocycles. The highest BCUT2D eigenvalue weighted by molar-refractivity contribution is 5.41. The molecule has 0 unspecified atom stereocenters. The molecule has 2 aromatic carbocycles. The van der Waals surface area contributed by atoms with Gasteiger partial charge < -0.3 is 10.1 Å². The van der Waals surface area contributed by atoms with Gasteiger partial charge in [0.1, 0.15) is 11.5 Å². The van der Waals surface area contributed by atoms with Crippen molar-refractivity contribution in [1.82, 2.24) is 5.32 Å². The summed E-state index contributed by atoms with van der Waals surface area (Å²) in [6.07, 6.45) is 3.67. The molecule has 1 aliphatic carbocycles. The van der Waals surface area contributed by atoms with Gasteiger partial charge in [0.25, 0.3) is 0 Å². The maximum Gasteiger partial charge on any atom is 0.127 e. The van der Waals surface area contributed by atoms with Crippen molar-refractivity contribution in [2.24, 2.45) is 0 Å². The molecule has 1 aliphatic rings. The van der Waals surface area contributed by atoms with Crippen LogP contribution in [-0.4, -0.2) is 6.04 Å². The SMILES string of the molecule is CC(C)NCc1cccc(Oc2ccc3c(c2)CCC3)c1. The zero-order valence-corrected chi connectivity index (χ0v) is 12.9. The largest absolute Gasteiger partial charge is 0.457 e. The van der Waals surface area contributed by atoms with Gasteiger partial charge in [0.2, 0.25) is 0 Å². The van der Waals surface area contributed by atoms with E-state index in [1.54, 1.807) is 0 Å². The minimum absolute atomic E-state index is 0.492. The summed E-state index contributed by atoms with van der Waals surface area (Å²) >= 11 is 0. The van der Waals surface area contributed by atoms with E-state index in [2.05, 4.69) is 55.6 Å². The van der Waals surface area contributed by atoms with Crippen LogP contribution < -0.4 is 10.1 Å². The summed E-state index contributed by atoms with van der Waals surface area (Å²) in [5.41, 5.74) is 4.18. The Labute approximate surface area is 127 Å². The molecule has 2 aromatic rings. The smallest absolute Gasteiger partial charge is 0.127 e. The molecule has 0 bridgehead atoms. The summed E-state index contributed by atoms with van der Waals surface area (Å²) in [5, 5.41) is 3.43. The molecule has 1 N–H and O–H groups in total. The lowest BCUT2D eigenvalue weighted by molar-refractivity contribution is 0.480. The molecule has 21 heavy (non-hydrogen) atoms. The highest BCUT2D eigenvalue weighted by atomic mass is 16.5. The van der Waals surface area contributed by atoms with Crippen molar-refractivity contribution in [3.8, 4) is 11.5 Å². The average Bonchev–Trinajstić information content (AvgIpc) is 2.93. The van der Waals surface area contributed by atoms with Crippen molar-refractivity contribution < 1.29 is 4.74 Å². The van der Waals surface area contributed by atoms with Gasteiger partial charge >= 0.3 is 0 Å². The van der Waals surface area contributed by atoms with Crippen LogP contribution >= 0.6 is 0 Å². The maximum absolute atomic E-state index is 6.02. The molecular weight excluding hydrogens is 258 g/mol. The van der Waals surface area contributed by atoms with Crippen molar-refractivity contribution in [3.63, 3.8) is 0 Å². The van der Waals surface area contributed by atoms with E-state index in [9.17, 15) is 0 Å². The number of hydrogen-bond donors (Lipinski definition) is 1. The fraction of sp³-hybridized carbons (Fsp3) is 0.368. The molecule has 2 nitrogen and oxygen atoms in total. The van der Waals surface area contributed by atoms with Crippen molar-refractivity contribution >= 4 is 0 Å². The standard InChI is InChI=1S/C19H23NO/c1-14(2)20-13-15-5-3-8-18(11-15)21-19-10-9-16-6-4-7-17(16)12-19/h3,5,8-12,14,20H,4,6-7,13H2,1-2H3. The predicted octanol–water partition coefficient (Wildman–Crippen LogP) is 4.47. The lowest BCUT2D eigenvalue weighted by Gasteiger charge is -2.11. The normalized spacial score (nSPS) is 13.5. The highest BCUT2D eigenvalue weighted by Gasteiger charge is 2.11. The number of nitrogens with one attached hydrogen (secondary N) is 1. The minimum Gasteiger partial charge on any atom is -0.457 e. The van der Waals surface area contributed by atoms with Crippen LogP contribution in [0, 0.1) is 0 Å². The van der Waals surface area contributed by atoms with E-state index < -0.39 is 0 Å². The lowest BCUT2D eigenvalue weighted by Crippen LogP contribution is -2.21. The van der Waals surface area contributed by atoms with Gasteiger partial charge in [0, 0.05) is 12.6 Å². The van der Waals surface area contributed by atoms with E-state index in [0.717, 1.165) is 18.0 Å². The van der Waals surface area contributed by atoms with Crippen LogP contribution in [0.5, 0.6) is 11.5 Å². The topological polar surface area (TPSA) is 21.3 Å². The van der Waals surface area contributed by atoms with Gasteiger partial charge in [-0.1, -0.05) is 32.0 Å². The molecule has 0 saturated carbocycles. The van der Waals surface area contributed by atoms with Crippen LogP contribution in [0.4, 0.5) is 0 Å². The second-order valence-corrected chi connectivity index (χ2v) is 6.07. The Morgan fingerprint density at radius 3 is 2.67 bits per heavy atom. The molecule has 110 valence electrons. The van der Waals surface area contributed by atoms with Gasteiger partial charge in [-0.05, 0) is 60.2 Å². The lowest BCUT2D eigenvalue weighted by atomic mass is 10.1. The first kappa shape index (κ1) is 14.2. The third kappa shape index (κ3) is 3.64. The van der Waals surface area contributed by atoms with Crippen LogP contribution in [0.25, 0.3) is 0 Å². The zero-order chi connectivity index (χ0) is 14.7. The third-order valence-electron chi connectivity index (χ3n) is 3.92. The predicted molar refractivity (Wildman–Crippen MR) is 87.0 cm³/mol. The van der Waals surface area contributed by atoms with Gasteiger partial charge in [-0.25, -0.2) is 0 Å². The first-order valence-electron chi connectivity index (χ1n) is 7.83. The Morgan fingerprint density at radius 1 is 1.00 bits per heavy atom. The third-order valence-corrected chi connectivity index (χ3v) is 3.92. The van der Waals surface area contributed by atoms with Gasteiger partial charge in [-0.15, -0.1) is 0 Å². The summed E-state index contributed by atoms with van der Waals surface area (Å²) in [5.74, 6) is 1.86. The van der Waals surface area contributed by atoms with E-state index >= 15 is 0 Å². The Morgan fingerprint density at radius 2 is 1.81 bits per heavy atom. The minimum atomic E-state index is 0.492. The fourth-order valence-electron chi connectivity index (χ4n) is 2.79. The first-order chi connectivity index (χ1) is 10.2. The van der Waals surface area contributed by atoms with Crippen LogP contribution in [0.1, 0.15) is 37.0 Å². The fourth-order valence-corrected chi connectivity index (χ4v) is 2.79. The van der Waals surface area contributed by atoms with Crippen molar-refractivity contribution in [2.75, 3.05) is 0 Å². The van der Waals surface area contributed by atoms with Crippen LogP contribution in [0.3, 0.4) is 0 Å². The van der Waals surface area contributed by atoms with E-state index in [1.807, 2.05) is 6.07 Å². The van der Waals surface area contributed by atoms with E-state index in [1.165, 1.54) is 36.0 Å². The number of benzene rings is 2. The Kier molecular flexibility index (Phi) is 4.26. The Bertz CT molecular complexity index is 619. The summed E-state index contributed by atoms with van der Waals surface area (Å²) in [6.45, 7) is 5.19. The molecule has 0 radical (unpaired) electrons. The van der Waals surface area contributed by atoms with E-state index in [-0.39, 0.29) is 0 Å². The number of aryl methyl sites for hydroxylation is 2. The molecule has 0 aromatic heterocycles. The molecule has 0 aliphatic heterocycles. The number of ether oxygens (including phenoxy) is 1.